The van der Waals surface area contributed by atoms with E-state index in [0.29, 0.717) is 36.8 Å². The molecule has 1 atom stereocenters. The normalized spacial score (nSPS) is 17.6. The summed E-state index contributed by atoms with van der Waals surface area (Å²) in [5, 5.41) is 18.8. The molecule has 0 unspecified atom stereocenters. The molecule has 3 aromatic rings. The molecule has 37 heavy (non-hydrogen) atoms. The smallest absolute Gasteiger partial charge is 0.326 e. The largest absolute Gasteiger partial charge is 0.480 e. The number of carboxylic acid groups (broad SMARTS) is 1. The maximum atomic E-state index is 13.1. The van der Waals surface area contributed by atoms with Gasteiger partial charge in [0.25, 0.3) is 0 Å². The van der Waals surface area contributed by atoms with Crippen molar-refractivity contribution >= 4 is 45.8 Å². The zero-order valence-electron chi connectivity index (χ0n) is 20.9. The van der Waals surface area contributed by atoms with Gasteiger partial charge in [0.1, 0.15) is 11.9 Å². The second-order valence-corrected chi connectivity index (χ2v) is 11.3. The van der Waals surface area contributed by atoms with Crippen molar-refractivity contribution < 1.29 is 19.4 Å². The van der Waals surface area contributed by atoms with Crippen LogP contribution in [0.1, 0.15) is 32.3 Å². The van der Waals surface area contributed by atoms with Gasteiger partial charge in [-0.05, 0) is 48.1 Å². The number of carboxylic acids is 1. The van der Waals surface area contributed by atoms with Crippen molar-refractivity contribution in [2.45, 2.75) is 44.4 Å². The predicted molar refractivity (Wildman–Crippen MR) is 145 cm³/mol. The molecule has 1 aliphatic heterocycles. The monoisotopic (exact) mass is 518 g/mol. The number of nitrogens with zero attached hydrogens (tertiary/aromatic N) is 2. The summed E-state index contributed by atoms with van der Waals surface area (Å²) in [6, 6.07) is 10.7. The highest BCUT2D eigenvalue weighted by Gasteiger charge is 2.55. The number of fused-ring (bicyclic) bond motifs is 1. The summed E-state index contributed by atoms with van der Waals surface area (Å²) < 4.78 is 5.50. The van der Waals surface area contributed by atoms with Crippen LogP contribution in [0.15, 0.2) is 65.6 Å². The van der Waals surface area contributed by atoms with Crippen LogP contribution in [0.5, 0.6) is 0 Å². The SMILES string of the molecule is CC(C)SC1=C(N[C@@H](Cc2ccc(Nc3nccc4ccncc34)cc2)C(=O)O)C2(CCOCC2)C1=O. The third kappa shape index (κ3) is 5.06. The lowest BCUT2D eigenvalue weighted by Crippen LogP contribution is -2.55. The van der Waals surface area contributed by atoms with Gasteiger partial charge in [0.05, 0.1) is 10.3 Å². The zero-order chi connectivity index (χ0) is 26.0. The molecule has 2 aromatic heterocycles. The number of hydrogen-bond donors (Lipinski definition) is 3. The quantitative estimate of drug-likeness (QED) is 0.371. The number of aromatic nitrogens is 2. The van der Waals surface area contributed by atoms with Crippen LogP contribution >= 0.6 is 11.8 Å². The fourth-order valence-corrected chi connectivity index (χ4v) is 6.07. The lowest BCUT2D eigenvalue weighted by Gasteiger charge is -2.47. The molecule has 9 heteroatoms. The molecule has 0 radical (unpaired) electrons. The number of allylic oxidation sites excluding steroid dienone is 2. The Morgan fingerprint density at radius 1 is 1.14 bits per heavy atom. The molecule has 1 spiro atoms. The lowest BCUT2D eigenvalue weighted by atomic mass is 9.65. The van der Waals surface area contributed by atoms with Crippen molar-refractivity contribution in [3.8, 4) is 0 Å². The van der Waals surface area contributed by atoms with Gasteiger partial charge in [-0.1, -0.05) is 26.0 Å². The van der Waals surface area contributed by atoms with Crippen molar-refractivity contribution in [2.75, 3.05) is 18.5 Å². The number of hydrogen-bond acceptors (Lipinski definition) is 8. The van der Waals surface area contributed by atoms with E-state index in [2.05, 4.69) is 20.6 Å². The minimum atomic E-state index is -0.947. The molecule has 1 fully saturated rings. The average Bonchev–Trinajstić information content (AvgIpc) is 2.91. The maximum Gasteiger partial charge on any atom is 0.326 e. The van der Waals surface area contributed by atoms with Crippen molar-refractivity contribution in [2.24, 2.45) is 5.41 Å². The van der Waals surface area contributed by atoms with Crippen LogP contribution in [0.25, 0.3) is 10.8 Å². The molecule has 0 saturated carbocycles. The van der Waals surface area contributed by atoms with Gasteiger partial charge >= 0.3 is 5.97 Å². The Labute approximate surface area is 219 Å². The summed E-state index contributed by atoms with van der Waals surface area (Å²) in [5.41, 5.74) is 1.86. The number of anilines is 2. The standard InChI is InChI=1S/C28H30N4O4S/c1-17(2)37-23-24(28(25(23)33)9-13-36-14-10-28)32-22(27(34)35)15-18-3-5-20(6-4-18)31-26-21-16-29-11-7-19(21)8-12-30-26/h3-8,11-12,16-17,22,32H,9-10,13-15H2,1-2H3,(H,30,31)(H,34,35)/t22-/m0/s1. The Morgan fingerprint density at radius 2 is 1.86 bits per heavy atom. The Bertz CT molecular complexity index is 1340. The number of aliphatic carboxylic acids is 1. The molecule has 1 aromatic carbocycles. The summed E-state index contributed by atoms with van der Waals surface area (Å²) in [4.78, 5) is 34.7. The lowest BCUT2D eigenvalue weighted by molar-refractivity contribution is -0.140. The minimum absolute atomic E-state index is 0.119. The highest BCUT2D eigenvalue weighted by Crippen LogP contribution is 2.53. The number of pyridine rings is 2. The molecular weight excluding hydrogens is 488 g/mol. The maximum absolute atomic E-state index is 13.1. The number of nitrogens with one attached hydrogen (secondary N) is 2. The third-order valence-electron chi connectivity index (χ3n) is 6.89. The fourth-order valence-electron chi connectivity index (χ4n) is 4.93. The number of ketones is 1. The van der Waals surface area contributed by atoms with E-state index < -0.39 is 17.4 Å². The molecule has 8 nitrogen and oxygen atoms in total. The number of rotatable bonds is 9. The predicted octanol–water partition coefficient (Wildman–Crippen LogP) is 4.69. The topological polar surface area (TPSA) is 113 Å². The molecule has 1 saturated heterocycles. The van der Waals surface area contributed by atoms with Crippen molar-refractivity contribution in [1.29, 1.82) is 0 Å². The third-order valence-corrected chi connectivity index (χ3v) is 7.98. The summed E-state index contributed by atoms with van der Waals surface area (Å²) in [7, 11) is 0. The zero-order valence-corrected chi connectivity index (χ0v) is 21.7. The summed E-state index contributed by atoms with van der Waals surface area (Å²) >= 11 is 1.50. The Balaban J connectivity index is 1.33. The van der Waals surface area contributed by atoms with Crippen LogP contribution in [0.3, 0.4) is 0 Å². The van der Waals surface area contributed by atoms with Crippen LogP contribution in [0.2, 0.25) is 0 Å². The van der Waals surface area contributed by atoms with Crippen LogP contribution in [0, 0.1) is 5.41 Å². The molecule has 192 valence electrons. The first-order chi connectivity index (χ1) is 17.9. The second-order valence-electron chi connectivity index (χ2n) is 9.71. The van der Waals surface area contributed by atoms with Gasteiger partial charge in [-0.2, -0.15) is 0 Å². The molecule has 0 bridgehead atoms. The van der Waals surface area contributed by atoms with Crippen LogP contribution < -0.4 is 10.6 Å². The highest BCUT2D eigenvalue weighted by atomic mass is 32.2. The van der Waals surface area contributed by atoms with Crippen LogP contribution in [-0.2, 0) is 20.7 Å². The van der Waals surface area contributed by atoms with Crippen molar-refractivity contribution in [3.05, 3.63) is 71.2 Å². The molecule has 0 amide bonds. The van der Waals surface area contributed by atoms with Gasteiger partial charge in [-0.25, -0.2) is 9.78 Å². The average molecular weight is 519 g/mol. The van der Waals surface area contributed by atoms with E-state index in [1.807, 2.05) is 50.2 Å². The summed E-state index contributed by atoms with van der Waals surface area (Å²) in [5.74, 6) is -0.117. The first-order valence-corrected chi connectivity index (χ1v) is 13.3. The molecule has 3 heterocycles. The Morgan fingerprint density at radius 3 is 2.57 bits per heavy atom. The van der Waals surface area contributed by atoms with E-state index in [0.717, 1.165) is 27.7 Å². The van der Waals surface area contributed by atoms with Gasteiger partial charge in [0.2, 0.25) is 0 Å². The summed E-state index contributed by atoms with van der Waals surface area (Å²) in [6.07, 6.45) is 6.73. The minimum Gasteiger partial charge on any atom is -0.480 e. The van der Waals surface area contributed by atoms with E-state index in [-0.39, 0.29) is 17.5 Å². The molecular formula is C28H30N4O4S. The highest BCUT2D eigenvalue weighted by molar-refractivity contribution is 8.04. The molecule has 3 N–H and O–H groups in total. The number of Topliss-reactive ketones (excluding diaryl/α,β-unsaturated/α-hetero) is 1. The van der Waals surface area contributed by atoms with Gasteiger partial charge < -0.3 is 20.5 Å². The van der Waals surface area contributed by atoms with E-state index in [4.69, 9.17) is 4.74 Å². The van der Waals surface area contributed by atoms with Crippen molar-refractivity contribution in [1.82, 2.24) is 15.3 Å². The number of carbonyl (C=O) groups is 2. The number of carbonyl (C=O) groups excluding carboxylic acids is 1. The molecule has 5 rings (SSSR count). The van der Waals surface area contributed by atoms with Crippen molar-refractivity contribution in [3.63, 3.8) is 0 Å². The van der Waals surface area contributed by atoms with E-state index >= 15 is 0 Å². The van der Waals surface area contributed by atoms with Gasteiger partial charge in [0.15, 0.2) is 5.78 Å². The van der Waals surface area contributed by atoms with E-state index in [1.54, 1.807) is 18.6 Å². The van der Waals surface area contributed by atoms with E-state index in [1.165, 1.54) is 11.8 Å². The Hall–Kier alpha value is -3.43. The Kier molecular flexibility index (Phi) is 7.17. The second kappa shape index (κ2) is 10.5. The number of thioether (sulfide) groups is 1. The van der Waals surface area contributed by atoms with Gasteiger partial charge in [-0.3, -0.25) is 9.78 Å². The molecule has 1 aliphatic carbocycles. The first kappa shape index (κ1) is 25.2. The number of benzene rings is 1. The molecule has 2 aliphatic rings. The van der Waals surface area contributed by atoms with Crippen LogP contribution in [-0.4, -0.2) is 51.3 Å². The van der Waals surface area contributed by atoms with Gasteiger partial charge in [0, 0.05) is 60.2 Å². The van der Waals surface area contributed by atoms with Crippen LogP contribution in [0.4, 0.5) is 11.5 Å². The summed E-state index contributed by atoms with van der Waals surface area (Å²) in [6.45, 7) is 5.08. The van der Waals surface area contributed by atoms with Gasteiger partial charge in [-0.15, -0.1) is 11.8 Å². The van der Waals surface area contributed by atoms with E-state index in [9.17, 15) is 14.7 Å². The number of ether oxygens (including phenoxy) is 1. The fraction of sp³-hybridized carbons (Fsp3) is 0.357. The first-order valence-electron chi connectivity index (χ1n) is 12.5.